The van der Waals surface area contributed by atoms with E-state index in [0.717, 1.165) is 19.3 Å². The Hall–Kier alpha value is -2.81. The van der Waals surface area contributed by atoms with Crippen LogP contribution in [0.4, 0.5) is 4.79 Å². The van der Waals surface area contributed by atoms with Crippen LogP contribution >= 0.6 is 0 Å². The second kappa shape index (κ2) is 18.7. The van der Waals surface area contributed by atoms with Crippen molar-refractivity contribution in [1.82, 2.24) is 16.0 Å². The molecule has 4 N–H and O–H groups in total. The van der Waals surface area contributed by atoms with E-state index in [9.17, 15) is 19.5 Å². The third-order valence-corrected chi connectivity index (χ3v) is 7.25. The smallest absolute Gasteiger partial charge is 0.407 e. The van der Waals surface area contributed by atoms with Crippen molar-refractivity contribution >= 4 is 17.9 Å². The number of benzene rings is 1. The second-order valence-corrected chi connectivity index (χ2v) is 12.8. The summed E-state index contributed by atoms with van der Waals surface area (Å²) in [5.74, 6) is -0.170. The third-order valence-electron chi connectivity index (χ3n) is 7.25. The number of aliphatic hydroxyl groups is 1. The van der Waals surface area contributed by atoms with E-state index >= 15 is 0 Å². The fourth-order valence-electron chi connectivity index (χ4n) is 4.63. The first-order valence-electron chi connectivity index (χ1n) is 15.6. The van der Waals surface area contributed by atoms with Gasteiger partial charge in [0.25, 0.3) is 5.91 Å². The lowest BCUT2D eigenvalue weighted by Crippen LogP contribution is -2.49. The number of aliphatic hydroxyl groups excluding tert-OH is 1. The minimum absolute atomic E-state index is 0.00127. The summed E-state index contributed by atoms with van der Waals surface area (Å²) in [5.41, 5.74) is -0.247. The highest BCUT2D eigenvalue weighted by atomic mass is 16.6. The Morgan fingerprint density at radius 3 is 2.17 bits per heavy atom. The van der Waals surface area contributed by atoms with Gasteiger partial charge in [-0.3, -0.25) is 9.59 Å². The second-order valence-electron chi connectivity index (χ2n) is 12.8. The first-order valence-corrected chi connectivity index (χ1v) is 15.6. The Balaban J connectivity index is 3.11. The first kappa shape index (κ1) is 37.2. The van der Waals surface area contributed by atoms with Crippen LogP contribution in [0, 0.1) is 23.7 Å². The number of hydrogen-bond donors (Lipinski definition) is 4. The summed E-state index contributed by atoms with van der Waals surface area (Å²) in [6.07, 6.45) is 1.64. The zero-order chi connectivity index (χ0) is 31.9. The molecule has 0 unspecified atom stereocenters. The van der Waals surface area contributed by atoms with E-state index < -0.39 is 29.8 Å². The van der Waals surface area contributed by atoms with E-state index in [1.807, 2.05) is 40.7 Å². The van der Waals surface area contributed by atoms with Gasteiger partial charge in [0.1, 0.15) is 11.4 Å². The highest BCUT2D eigenvalue weighted by molar-refractivity contribution is 5.96. The number of carbonyl (C=O) groups is 3. The number of rotatable bonds is 18. The molecule has 0 aliphatic heterocycles. The maximum atomic E-state index is 13.1. The number of para-hydroxylation sites is 1. The number of amides is 3. The average molecular weight is 592 g/mol. The molecule has 0 saturated heterocycles. The number of carbonyl (C=O) groups excluding carboxylic acids is 3. The van der Waals surface area contributed by atoms with Crippen LogP contribution < -0.4 is 20.7 Å². The standard InChI is InChI=1S/C33H57N3O6/c1-10-12-17-34-31(39)26(23(5)6)20-28(37)27(36-32(40)42-33(7,8)9)19-24(22(3)4)21-35-30(38)25-15-13-14-16-29(25)41-18-11-2/h13-16,22-24,26-28,37H,10-12,17-21H2,1-9H3,(H,34,39)(H,35,38)(H,36,40)/t24-,26+,27+,28+/m1/s1. The van der Waals surface area contributed by atoms with Crippen molar-refractivity contribution in [1.29, 1.82) is 0 Å². The zero-order valence-electron chi connectivity index (χ0n) is 27.4. The van der Waals surface area contributed by atoms with Gasteiger partial charge in [0.05, 0.1) is 24.3 Å². The Kier molecular flexibility index (Phi) is 16.5. The molecular formula is C33H57N3O6. The molecule has 0 heterocycles. The fourth-order valence-corrected chi connectivity index (χ4v) is 4.63. The van der Waals surface area contributed by atoms with Crippen LogP contribution in [0.1, 0.15) is 105 Å². The quantitative estimate of drug-likeness (QED) is 0.162. The number of nitrogens with one attached hydrogen (secondary N) is 3. The van der Waals surface area contributed by atoms with Crippen molar-refractivity contribution in [2.24, 2.45) is 23.7 Å². The molecule has 0 aromatic heterocycles. The summed E-state index contributed by atoms with van der Waals surface area (Å²) in [4.78, 5) is 38.9. The highest BCUT2D eigenvalue weighted by Gasteiger charge is 2.33. The van der Waals surface area contributed by atoms with Gasteiger partial charge in [-0.1, -0.05) is 60.1 Å². The van der Waals surface area contributed by atoms with Crippen molar-refractivity contribution in [2.75, 3.05) is 19.7 Å². The van der Waals surface area contributed by atoms with Crippen molar-refractivity contribution in [3.05, 3.63) is 29.8 Å². The van der Waals surface area contributed by atoms with E-state index in [1.165, 1.54) is 0 Å². The predicted molar refractivity (Wildman–Crippen MR) is 168 cm³/mol. The molecule has 0 aliphatic rings. The van der Waals surface area contributed by atoms with Crippen LogP contribution in [0.25, 0.3) is 0 Å². The van der Waals surface area contributed by atoms with Crippen LogP contribution in [0.5, 0.6) is 5.75 Å². The predicted octanol–water partition coefficient (Wildman–Crippen LogP) is 5.70. The Morgan fingerprint density at radius 2 is 1.60 bits per heavy atom. The van der Waals surface area contributed by atoms with E-state index in [0.29, 0.717) is 37.4 Å². The Labute approximate surface area is 253 Å². The van der Waals surface area contributed by atoms with Crippen molar-refractivity contribution in [2.45, 2.75) is 112 Å². The SMILES string of the molecule is CCCCNC(=O)[C@@H](C[C@H](O)[C@H](C[C@H](CNC(=O)c1ccccc1OCCC)C(C)C)NC(=O)OC(C)(C)C)C(C)C. The molecule has 3 amide bonds. The van der Waals surface area contributed by atoms with Gasteiger partial charge in [-0.15, -0.1) is 0 Å². The fraction of sp³-hybridized carbons (Fsp3) is 0.727. The molecule has 0 fully saturated rings. The van der Waals surface area contributed by atoms with Crippen LogP contribution in [0.3, 0.4) is 0 Å². The van der Waals surface area contributed by atoms with Crippen molar-refractivity contribution in [3.8, 4) is 5.75 Å². The molecule has 9 nitrogen and oxygen atoms in total. The highest BCUT2D eigenvalue weighted by Crippen LogP contribution is 2.25. The third kappa shape index (κ3) is 13.9. The van der Waals surface area contributed by atoms with E-state index in [2.05, 4.69) is 22.9 Å². The molecule has 0 spiro atoms. The molecule has 0 radical (unpaired) electrons. The molecule has 1 rings (SSSR count). The average Bonchev–Trinajstić information content (AvgIpc) is 2.90. The molecule has 9 heteroatoms. The van der Waals surface area contributed by atoms with E-state index in [1.54, 1.807) is 39.0 Å². The largest absolute Gasteiger partial charge is 0.493 e. The molecule has 4 atom stereocenters. The lowest BCUT2D eigenvalue weighted by atomic mass is 9.82. The Morgan fingerprint density at radius 1 is 0.929 bits per heavy atom. The van der Waals surface area contributed by atoms with Gasteiger partial charge in [-0.25, -0.2) is 4.79 Å². The summed E-state index contributed by atoms with van der Waals surface area (Å²) in [6, 6.07) is 6.47. The normalized spacial score (nSPS) is 14.6. The van der Waals surface area contributed by atoms with Gasteiger partial charge in [0, 0.05) is 19.0 Å². The van der Waals surface area contributed by atoms with Gasteiger partial charge in [0.2, 0.25) is 5.91 Å². The molecule has 1 aromatic carbocycles. The molecule has 240 valence electrons. The molecule has 0 bridgehead atoms. The number of unbranched alkanes of at least 4 members (excludes halogenated alkanes) is 1. The minimum Gasteiger partial charge on any atom is -0.493 e. The van der Waals surface area contributed by atoms with Gasteiger partial charge in [-0.2, -0.15) is 0 Å². The number of ether oxygens (including phenoxy) is 2. The van der Waals surface area contributed by atoms with Crippen LogP contribution in [-0.2, 0) is 9.53 Å². The van der Waals surface area contributed by atoms with E-state index in [4.69, 9.17) is 9.47 Å². The van der Waals surface area contributed by atoms with E-state index in [-0.39, 0.29) is 36.0 Å². The van der Waals surface area contributed by atoms with Gasteiger partial charge in [0.15, 0.2) is 0 Å². The summed E-state index contributed by atoms with van der Waals surface area (Å²) < 4.78 is 11.3. The van der Waals surface area contributed by atoms with Crippen LogP contribution in [-0.4, -0.2) is 60.5 Å². The monoisotopic (exact) mass is 591 g/mol. The van der Waals surface area contributed by atoms with Crippen LogP contribution in [0.2, 0.25) is 0 Å². The minimum atomic E-state index is -0.998. The molecule has 42 heavy (non-hydrogen) atoms. The summed E-state index contributed by atoms with van der Waals surface area (Å²) in [7, 11) is 0. The van der Waals surface area contributed by atoms with Gasteiger partial charge < -0.3 is 30.5 Å². The lowest BCUT2D eigenvalue weighted by molar-refractivity contribution is -0.127. The zero-order valence-corrected chi connectivity index (χ0v) is 27.4. The van der Waals surface area contributed by atoms with Crippen LogP contribution in [0.15, 0.2) is 24.3 Å². The number of alkyl carbamates (subject to hydrolysis) is 1. The molecular weight excluding hydrogens is 534 g/mol. The summed E-state index contributed by atoms with van der Waals surface area (Å²) in [6.45, 7) is 18.9. The molecule has 0 aliphatic carbocycles. The van der Waals surface area contributed by atoms with Crippen molar-refractivity contribution < 1.29 is 29.0 Å². The maximum absolute atomic E-state index is 13.1. The lowest BCUT2D eigenvalue weighted by Gasteiger charge is -2.33. The summed E-state index contributed by atoms with van der Waals surface area (Å²) in [5, 5.41) is 20.3. The topological polar surface area (TPSA) is 126 Å². The molecule has 0 saturated carbocycles. The maximum Gasteiger partial charge on any atom is 0.407 e. The molecule has 1 aromatic rings. The number of hydrogen-bond acceptors (Lipinski definition) is 6. The summed E-state index contributed by atoms with van der Waals surface area (Å²) >= 11 is 0. The van der Waals surface area contributed by atoms with Gasteiger partial charge in [-0.05, 0) is 76.3 Å². The van der Waals surface area contributed by atoms with Crippen molar-refractivity contribution in [3.63, 3.8) is 0 Å². The first-order chi connectivity index (χ1) is 19.7. The Bertz CT molecular complexity index is 959. The van der Waals surface area contributed by atoms with Gasteiger partial charge >= 0.3 is 6.09 Å².